The molecule has 7 heteroatoms. The average molecular weight is 336 g/mol. The van der Waals surface area contributed by atoms with Gasteiger partial charge in [-0.3, -0.25) is 19.9 Å². The molecule has 0 unspecified atom stereocenters. The smallest absolute Gasteiger partial charge is 0.270 e. The average Bonchev–Trinajstić information content (AvgIpc) is 3.37. The first-order valence-electron chi connectivity index (χ1n) is 8.09. The molecule has 0 radical (unpaired) electrons. The Morgan fingerprint density at radius 3 is 2.68 bits per heavy atom. The monoisotopic (exact) mass is 336 g/mol. The predicted octanol–water partition coefficient (Wildman–Crippen LogP) is 3.28. The van der Waals surface area contributed by atoms with Crippen LogP contribution in [0.15, 0.2) is 48.8 Å². The van der Waals surface area contributed by atoms with E-state index in [4.69, 9.17) is 0 Å². The molecule has 126 valence electrons. The number of pyridine rings is 1. The first kappa shape index (κ1) is 15.3. The summed E-state index contributed by atoms with van der Waals surface area (Å²) in [6, 6.07) is 10.3. The fourth-order valence-electron chi connectivity index (χ4n) is 2.94. The molecule has 0 spiro atoms. The largest absolute Gasteiger partial charge is 0.351 e. The minimum atomic E-state index is -0.437. The fourth-order valence-corrected chi connectivity index (χ4v) is 2.94. The molecule has 7 nitrogen and oxygen atoms in total. The third-order valence-electron chi connectivity index (χ3n) is 4.40. The van der Waals surface area contributed by atoms with Crippen molar-refractivity contribution in [3.05, 3.63) is 70.2 Å². The second kappa shape index (κ2) is 6.01. The third-order valence-corrected chi connectivity index (χ3v) is 4.40. The number of hydrogen-bond acceptors (Lipinski definition) is 4. The molecule has 1 aliphatic rings. The van der Waals surface area contributed by atoms with Crippen LogP contribution in [0.2, 0.25) is 0 Å². The fraction of sp³-hybridized carbons (Fsp3) is 0.222. The van der Waals surface area contributed by atoms with E-state index < -0.39 is 4.92 Å². The van der Waals surface area contributed by atoms with Gasteiger partial charge in [0.2, 0.25) is 0 Å². The highest BCUT2D eigenvalue weighted by Crippen LogP contribution is 2.30. The van der Waals surface area contributed by atoms with Crippen LogP contribution in [-0.2, 0) is 6.54 Å². The maximum Gasteiger partial charge on any atom is 0.270 e. The van der Waals surface area contributed by atoms with Crippen LogP contribution in [0, 0.1) is 10.1 Å². The normalized spacial score (nSPS) is 13.8. The number of amides is 1. The highest BCUT2D eigenvalue weighted by molar-refractivity contribution is 5.98. The maximum atomic E-state index is 13.0. The lowest BCUT2D eigenvalue weighted by molar-refractivity contribution is -0.384. The number of nitrogens with zero attached hydrogens (tertiary/aromatic N) is 3. The van der Waals surface area contributed by atoms with E-state index in [9.17, 15) is 14.9 Å². The molecule has 1 aromatic carbocycles. The Bertz CT molecular complexity index is 947. The second-order valence-electron chi connectivity index (χ2n) is 6.23. The zero-order valence-corrected chi connectivity index (χ0v) is 13.4. The first-order chi connectivity index (χ1) is 12.1. The highest BCUT2D eigenvalue weighted by atomic mass is 16.6. The van der Waals surface area contributed by atoms with Crippen LogP contribution in [0.5, 0.6) is 0 Å². The standard InChI is InChI=1S/C18H16N4O3/c23-18(21(14-1-2-14)11-12-5-7-19-8-6-12)17-10-13-9-15(22(24)25)3-4-16(13)20-17/h3-10,14,20H,1-2,11H2. The van der Waals surface area contributed by atoms with Crippen molar-refractivity contribution in [2.45, 2.75) is 25.4 Å². The van der Waals surface area contributed by atoms with Gasteiger partial charge < -0.3 is 9.88 Å². The Kier molecular flexibility index (Phi) is 3.68. The first-order valence-corrected chi connectivity index (χ1v) is 8.09. The number of carbonyl (C=O) groups excluding carboxylic acids is 1. The van der Waals surface area contributed by atoms with Gasteiger partial charge >= 0.3 is 0 Å². The van der Waals surface area contributed by atoms with Crippen LogP contribution in [0.1, 0.15) is 28.9 Å². The van der Waals surface area contributed by atoms with Crippen molar-refractivity contribution in [3.63, 3.8) is 0 Å². The van der Waals surface area contributed by atoms with E-state index in [-0.39, 0.29) is 17.6 Å². The molecule has 1 saturated carbocycles. The number of non-ortho nitro benzene ring substituents is 1. The number of nitro benzene ring substituents is 1. The van der Waals surface area contributed by atoms with Crippen LogP contribution in [-0.4, -0.2) is 31.7 Å². The second-order valence-corrected chi connectivity index (χ2v) is 6.23. The summed E-state index contributed by atoms with van der Waals surface area (Å²) in [5.41, 5.74) is 2.22. The molecule has 1 aliphatic carbocycles. The Labute approximate surface area is 143 Å². The predicted molar refractivity (Wildman–Crippen MR) is 92.1 cm³/mol. The summed E-state index contributed by atoms with van der Waals surface area (Å²) in [6.07, 6.45) is 5.44. The Hall–Kier alpha value is -3.22. The summed E-state index contributed by atoms with van der Waals surface area (Å²) in [4.78, 5) is 32.4. The number of aromatic amines is 1. The van der Waals surface area contributed by atoms with Crippen LogP contribution in [0.3, 0.4) is 0 Å². The van der Waals surface area contributed by atoms with Crippen molar-refractivity contribution in [2.75, 3.05) is 0 Å². The molecule has 1 fully saturated rings. The summed E-state index contributed by atoms with van der Waals surface area (Å²) in [6.45, 7) is 0.529. The van der Waals surface area contributed by atoms with Gasteiger partial charge in [0, 0.05) is 48.0 Å². The van der Waals surface area contributed by atoms with Crippen molar-refractivity contribution in [1.82, 2.24) is 14.9 Å². The summed E-state index contributed by atoms with van der Waals surface area (Å²) in [5.74, 6) is -0.0850. The van der Waals surface area contributed by atoms with E-state index in [0.717, 1.165) is 18.4 Å². The number of hydrogen-bond donors (Lipinski definition) is 1. The maximum absolute atomic E-state index is 13.0. The molecule has 2 aromatic heterocycles. The number of H-pyrrole nitrogens is 1. The zero-order valence-electron chi connectivity index (χ0n) is 13.4. The van der Waals surface area contributed by atoms with Gasteiger partial charge in [0.1, 0.15) is 5.69 Å². The molecule has 1 N–H and O–H groups in total. The number of nitrogens with one attached hydrogen (secondary N) is 1. The Morgan fingerprint density at radius 2 is 2.00 bits per heavy atom. The van der Waals surface area contributed by atoms with E-state index in [0.29, 0.717) is 23.1 Å². The summed E-state index contributed by atoms with van der Waals surface area (Å²) >= 11 is 0. The van der Waals surface area contributed by atoms with Crippen molar-refractivity contribution in [2.24, 2.45) is 0 Å². The van der Waals surface area contributed by atoms with Gasteiger partial charge in [0.15, 0.2) is 0 Å². The van der Waals surface area contributed by atoms with Crippen LogP contribution < -0.4 is 0 Å². The van der Waals surface area contributed by atoms with Crippen molar-refractivity contribution < 1.29 is 9.72 Å². The molecule has 0 aliphatic heterocycles. The molecule has 4 rings (SSSR count). The topological polar surface area (TPSA) is 92.1 Å². The molecule has 1 amide bonds. The van der Waals surface area contributed by atoms with Crippen molar-refractivity contribution in [3.8, 4) is 0 Å². The van der Waals surface area contributed by atoms with Crippen LogP contribution in [0.25, 0.3) is 10.9 Å². The minimum Gasteiger partial charge on any atom is -0.351 e. The quantitative estimate of drug-likeness (QED) is 0.571. The van der Waals surface area contributed by atoms with Crippen molar-refractivity contribution >= 4 is 22.5 Å². The Morgan fingerprint density at radius 1 is 1.24 bits per heavy atom. The number of fused-ring (bicyclic) bond motifs is 1. The molecule has 25 heavy (non-hydrogen) atoms. The number of carbonyl (C=O) groups is 1. The van der Waals surface area contributed by atoms with Crippen LogP contribution in [0.4, 0.5) is 5.69 Å². The van der Waals surface area contributed by atoms with E-state index in [2.05, 4.69) is 9.97 Å². The number of benzene rings is 1. The molecular formula is C18H16N4O3. The molecular weight excluding hydrogens is 320 g/mol. The SMILES string of the molecule is O=C(c1cc2cc([N+](=O)[O-])ccc2[nH]1)N(Cc1ccncc1)C1CC1. The number of rotatable bonds is 5. The van der Waals surface area contributed by atoms with E-state index >= 15 is 0 Å². The lowest BCUT2D eigenvalue weighted by atomic mass is 10.2. The molecule has 0 atom stereocenters. The lowest BCUT2D eigenvalue weighted by Crippen LogP contribution is -2.32. The van der Waals surface area contributed by atoms with Gasteiger partial charge in [-0.1, -0.05) is 0 Å². The molecule has 0 bridgehead atoms. The van der Waals surface area contributed by atoms with Gasteiger partial charge in [0.05, 0.1) is 4.92 Å². The van der Waals surface area contributed by atoms with Crippen LogP contribution >= 0.6 is 0 Å². The van der Waals surface area contributed by atoms with E-state index in [1.807, 2.05) is 17.0 Å². The van der Waals surface area contributed by atoms with Gasteiger partial charge in [-0.2, -0.15) is 0 Å². The highest BCUT2D eigenvalue weighted by Gasteiger charge is 2.33. The zero-order chi connectivity index (χ0) is 17.4. The van der Waals surface area contributed by atoms with E-state index in [1.54, 1.807) is 24.5 Å². The van der Waals surface area contributed by atoms with Gasteiger partial charge in [-0.05, 0) is 42.7 Å². The lowest BCUT2D eigenvalue weighted by Gasteiger charge is -2.21. The summed E-state index contributed by atoms with van der Waals surface area (Å²) in [5, 5.41) is 11.6. The molecule has 3 aromatic rings. The van der Waals surface area contributed by atoms with E-state index in [1.165, 1.54) is 12.1 Å². The Balaban J connectivity index is 1.63. The molecule has 0 saturated heterocycles. The van der Waals surface area contributed by atoms with Gasteiger partial charge in [-0.15, -0.1) is 0 Å². The number of aromatic nitrogens is 2. The van der Waals surface area contributed by atoms with Gasteiger partial charge in [0.25, 0.3) is 11.6 Å². The third kappa shape index (κ3) is 3.08. The van der Waals surface area contributed by atoms with Crippen molar-refractivity contribution in [1.29, 1.82) is 0 Å². The molecule has 2 heterocycles. The van der Waals surface area contributed by atoms with Gasteiger partial charge in [-0.25, -0.2) is 0 Å². The minimum absolute atomic E-state index is 0.0151. The summed E-state index contributed by atoms with van der Waals surface area (Å²) in [7, 11) is 0. The number of nitro groups is 1. The summed E-state index contributed by atoms with van der Waals surface area (Å²) < 4.78 is 0.